The maximum absolute atomic E-state index is 12.6. The van der Waals surface area contributed by atoms with Gasteiger partial charge in [0.1, 0.15) is 5.41 Å². The van der Waals surface area contributed by atoms with Gasteiger partial charge in [-0.2, -0.15) is 13.2 Å². The number of hydrogen-bond acceptors (Lipinski definition) is 2. The van der Waals surface area contributed by atoms with E-state index in [4.69, 9.17) is 0 Å². The number of halogens is 3. The summed E-state index contributed by atoms with van der Waals surface area (Å²) in [7, 11) is 0. The van der Waals surface area contributed by atoms with Crippen LogP contribution < -0.4 is 5.32 Å². The predicted molar refractivity (Wildman–Crippen MR) is 99.2 cm³/mol. The number of benzene rings is 2. The lowest BCUT2D eigenvalue weighted by Gasteiger charge is -2.29. The number of carboxylic acid groups (broad SMARTS) is 1. The van der Waals surface area contributed by atoms with Crippen molar-refractivity contribution in [2.45, 2.75) is 37.8 Å². The first-order valence-electron chi connectivity index (χ1n) is 8.91. The third-order valence-electron chi connectivity index (χ3n) is 4.83. The number of rotatable bonds is 8. The van der Waals surface area contributed by atoms with Gasteiger partial charge in [0.15, 0.2) is 0 Å². The molecule has 1 amide bonds. The summed E-state index contributed by atoms with van der Waals surface area (Å²) in [6.45, 7) is 1.54. The number of carboxylic acids is 1. The number of carbonyl (C=O) groups is 2. The van der Waals surface area contributed by atoms with E-state index in [0.717, 1.165) is 0 Å². The quantitative estimate of drug-likeness (QED) is 0.701. The summed E-state index contributed by atoms with van der Waals surface area (Å²) >= 11 is 0. The second-order valence-electron chi connectivity index (χ2n) is 6.56. The molecule has 1 unspecified atom stereocenters. The molecule has 0 aromatic heterocycles. The average Bonchev–Trinajstić information content (AvgIpc) is 2.67. The molecule has 1 atom stereocenters. The Labute approximate surface area is 161 Å². The van der Waals surface area contributed by atoms with E-state index in [0.29, 0.717) is 5.56 Å². The monoisotopic (exact) mass is 393 g/mol. The first-order chi connectivity index (χ1) is 13.2. The summed E-state index contributed by atoms with van der Waals surface area (Å²) in [4.78, 5) is 24.6. The molecule has 2 rings (SSSR count). The third-order valence-corrected chi connectivity index (χ3v) is 4.83. The highest BCUT2D eigenvalue weighted by Gasteiger charge is 2.39. The molecule has 0 heterocycles. The van der Waals surface area contributed by atoms with Crippen LogP contribution in [0.25, 0.3) is 0 Å². The minimum absolute atomic E-state index is 0.121. The van der Waals surface area contributed by atoms with Crippen LogP contribution in [0.3, 0.4) is 0 Å². The van der Waals surface area contributed by atoms with Gasteiger partial charge in [-0.25, -0.2) is 0 Å². The smallest absolute Gasteiger partial charge is 0.389 e. The molecular formula is C21H22F3NO3. The van der Waals surface area contributed by atoms with Crippen molar-refractivity contribution in [1.29, 1.82) is 0 Å². The summed E-state index contributed by atoms with van der Waals surface area (Å²) in [5.41, 5.74) is -0.377. The van der Waals surface area contributed by atoms with Crippen molar-refractivity contribution in [1.82, 2.24) is 5.32 Å². The fraction of sp³-hybridized carbons (Fsp3) is 0.333. The van der Waals surface area contributed by atoms with Gasteiger partial charge in [-0.3, -0.25) is 9.59 Å². The molecule has 28 heavy (non-hydrogen) atoms. The van der Waals surface area contributed by atoms with E-state index in [1.165, 1.54) is 12.1 Å². The van der Waals surface area contributed by atoms with Crippen LogP contribution in [0.4, 0.5) is 13.2 Å². The molecule has 0 saturated heterocycles. The molecule has 0 spiro atoms. The highest BCUT2D eigenvalue weighted by Crippen LogP contribution is 2.28. The molecule has 0 bridgehead atoms. The highest BCUT2D eigenvalue weighted by molar-refractivity contribution is 5.96. The number of alkyl halides is 3. The molecule has 150 valence electrons. The molecule has 7 heteroatoms. The molecule has 0 saturated carbocycles. The molecule has 0 fully saturated rings. The van der Waals surface area contributed by atoms with Crippen molar-refractivity contribution in [2.24, 2.45) is 0 Å². The summed E-state index contributed by atoms with van der Waals surface area (Å²) < 4.78 is 37.6. The molecule has 0 aliphatic carbocycles. The highest BCUT2D eigenvalue weighted by atomic mass is 19.4. The Hall–Kier alpha value is -2.83. The van der Waals surface area contributed by atoms with Crippen LogP contribution in [0.2, 0.25) is 0 Å². The topological polar surface area (TPSA) is 66.4 Å². The lowest BCUT2D eigenvalue weighted by atomic mass is 9.78. The number of carbonyl (C=O) groups excluding carboxylic acids is 1. The summed E-state index contributed by atoms with van der Waals surface area (Å²) in [5.74, 6) is -1.67. The zero-order chi connectivity index (χ0) is 20.8. The second kappa shape index (κ2) is 8.91. The number of hydrogen-bond donors (Lipinski definition) is 2. The van der Waals surface area contributed by atoms with Gasteiger partial charge in [0.2, 0.25) is 0 Å². The lowest BCUT2D eigenvalue weighted by molar-refractivity contribution is -0.143. The first kappa shape index (κ1) is 21.5. The van der Waals surface area contributed by atoms with E-state index in [2.05, 4.69) is 5.32 Å². The van der Waals surface area contributed by atoms with E-state index < -0.39 is 29.9 Å². The molecule has 2 N–H and O–H groups in total. The van der Waals surface area contributed by atoms with Crippen LogP contribution in [0.5, 0.6) is 0 Å². The van der Waals surface area contributed by atoms with Crippen molar-refractivity contribution >= 4 is 11.9 Å². The Morgan fingerprint density at radius 3 is 2.18 bits per heavy atom. The van der Waals surface area contributed by atoms with Crippen molar-refractivity contribution in [2.75, 3.05) is 6.54 Å². The standard InChI is InChI=1S/C21H22F3NO3/c1-2-20(19(27)28,16-9-4-3-5-10-16)14-25-18(26)17-11-7-6-8-15(17)12-13-21(22,23)24/h3-11H,2,12-14H2,1H3,(H,25,26)(H,27,28). The normalized spacial score (nSPS) is 13.6. The van der Waals surface area contributed by atoms with E-state index >= 15 is 0 Å². The fourth-order valence-electron chi connectivity index (χ4n) is 3.10. The van der Waals surface area contributed by atoms with Crippen LogP contribution in [0.15, 0.2) is 54.6 Å². The Morgan fingerprint density at radius 2 is 1.61 bits per heavy atom. The van der Waals surface area contributed by atoms with Crippen molar-refractivity contribution in [3.63, 3.8) is 0 Å². The predicted octanol–water partition coefficient (Wildman–Crippen LogP) is 4.34. The maximum Gasteiger partial charge on any atom is 0.389 e. The Morgan fingerprint density at radius 1 is 1.00 bits per heavy atom. The van der Waals surface area contributed by atoms with Gasteiger partial charge in [-0.15, -0.1) is 0 Å². The van der Waals surface area contributed by atoms with Gasteiger partial charge in [0.25, 0.3) is 5.91 Å². The SMILES string of the molecule is CCC(CNC(=O)c1ccccc1CCC(F)(F)F)(C(=O)O)c1ccccc1. The lowest BCUT2D eigenvalue weighted by Crippen LogP contribution is -2.46. The van der Waals surface area contributed by atoms with Gasteiger partial charge < -0.3 is 10.4 Å². The summed E-state index contributed by atoms with van der Waals surface area (Å²) in [6.07, 6.45) is -5.43. The summed E-state index contributed by atoms with van der Waals surface area (Å²) in [6, 6.07) is 14.6. The molecule has 4 nitrogen and oxygen atoms in total. The van der Waals surface area contributed by atoms with E-state index in [1.807, 2.05) is 0 Å². The minimum atomic E-state index is -4.32. The Kier molecular flexibility index (Phi) is 6.83. The maximum atomic E-state index is 12.6. The van der Waals surface area contributed by atoms with Gasteiger partial charge >= 0.3 is 12.1 Å². The van der Waals surface area contributed by atoms with Crippen molar-refractivity contribution in [3.8, 4) is 0 Å². The molecular weight excluding hydrogens is 371 g/mol. The zero-order valence-electron chi connectivity index (χ0n) is 15.4. The third kappa shape index (κ3) is 5.12. The van der Waals surface area contributed by atoms with Gasteiger partial charge in [0.05, 0.1) is 0 Å². The van der Waals surface area contributed by atoms with E-state index in [1.54, 1.807) is 49.4 Å². The molecule has 0 radical (unpaired) electrons. The Balaban J connectivity index is 2.21. The number of aryl methyl sites for hydroxylation is 1. The van der Waals surface area contributed by atoms with Crippen LogP contribution >= 0.6 is 0 Å². The van der Waals surface area contributed by atoms with Crippen LogP contribution in [0.1, 0.15) is 41.3 Å². The number of aliphatic carboxylic acids is 1. The molecule has 2 aromatic rings. The largest absolute Gasteiger partial charge is 0.481 e. The fourth-order valence-corrected chi connectivity index (χ4v) is 3.10. The minimum Gasteiger partial charge on any atom is -0.481 e. The zero-order valence-corrected chi connectivity index (χ0v) is 15.4. The van der Waals surface area contributed by atoms with Crippen LogP contribution in [-0.4, -0.2) is 29.7 Å². The van der Waals surface area contributed by atoms with Crippen molar-refractivity contribution in [3.05, 3.63) is 71.3 Å². The van der Waals surface area contributed by atoms with Gasteiger partial charge in [-0.1, -0.05) is 55.5 Å². The van der Waals surface area contributed by atoms with Crippen LogP contribution in [0, 0.1) is 0 Å². The number of nitrogens with one attached hydrogen (secondary N) is 1. The van der Waals surface area contributed by atoms with Crippen LogP contribution in [-0.2, 0) is 16.6 Å². The van der Waals surface area contributed by atoms with Crippen molar-refractivity contribution < 1.29 is 27.9 Å². The average molecular weight is 393 g/mol. The Bertz CT molecular complexity index is 821. The first-order valence-corrected chi connectivity index (χ1v) is 8.91. The summed E-state index contributed by atoms with van der Waals surface area (Å²) in [5, 5.41) is 12.4. The van der Waals surface area contributed by atoms with E-state index in [9.17, 15) is 27.9 Å². The second-order valence-corrected chi connectivity index (χ2v) is 6.56. The number of amides is 1. The molecule has 0 aliphatic heterocycles. The molecule has 0 aliphatic rings. The van der Waals surface area contributed by atoms with Gasteiger partial charge in [-0.05, 0) is 30.0 Å². The van der Waals surface area contributed by atoms with Gasteiger partial charge in [0, 0.05) is 18.5 Å². The molecule has 2 aromatic carbocycles. The van der Waals surface area contributed by atoms with E-state index in [-0.39, 0.29) is 30.5 Å².